The molecule has 2 N–H and O–H groups in total. The van der Waals surface area contributed by atoms with Crippen LogP contribution in [0, 0.1) is 0 Å². The number of aliphatic hydroxyl groups excluding tert-OH is 1. The number of nitrogens with one attached hydrogen (secondary N) is 1. The number of allylic oxidation sites excluding steroid dienone is 16. The fourth-order valence-electron chi connectivity index (χ4n) is 5.58. The van der Waals surface area contributed by atoms with Crippen LogP contribution in [-0.2, 0) is 18.4 Å². The molecule has 0 aliphatic heterocycles. The van der Waals surface area contributed by atoms with Gasteiger partial charge >= 0.3 is 0 Å². The molecule has 8 nitrogen and oxygen atoms in total. The van der Waals surface area contributed by atoms with E-state index in [0.29, 0.717) is 23.9 Å². The van der Waals surface area contributed by atoms with Gasteiger partial charge in [-0.15, -0.1) is 0 Å². The molecule has 1 amide bonds. The molecular formula is C48H83N2O6P. The maximum absolute atomic E-state index is 12.7. The minimum Gasteiger partial charge on any atom is -0.756 e. The van der Waals surface area contributed by atoms with Crippen molar-refractivity contribution in [3.8, 4) is 0 Å². The molecule has 0 aromatic heterocycles. The summed E-state index contributed by atoms with van der Waals surface area (Å²) in [6, 6.07) is -0.811. The lowest BCUT2D eigenvalue weighted by Gasteiger charge is -2.30. The maximum Gasteiger partial charge on any atom is 0.268 e. The van der Waals surface area contributed by atoms with E-state index in [9.17, 15) is 19.4 Å². The first-order valence-electron chi connectivity index (χ1n) is 22.1. The molecule has 0 aliphatic rings. The molecule has 3 unspecified atom stereocenters. The van der Waals surface area contributed by atoms with Gasteiger partial charge < -0.3 is 28.8 Å². The second-order valence-corrected chi connectivity index (χ2v) is 17.1. The maximum atomic E-state index is 12.7. The van der Waals surface area contributed by atoms with Crippen molar-refractivity contribution in [3.05, 3.63) is 97.2 Å². The van der Waals surface area contributed by atoms with Crippen LogP contribution in [0.25, 0.3) is 0 Å². The molecule has 0 saturated heterocycles. The monoisotopic (exact) mass is 815 g/mol. The third-order valence-corrected chi connectivity index (χ3v) is 10.1. The number of amides is 1. The minimum atomic E-state index is -4.55. The van der Waals surface area contributed by atoms with Crippen LogP contribution in [0.5, 0.6) is 0 Å². The van der Waals surface area contributed by atoms with Crippen LogP contribution in [0.3, 0.4) is 0 Å². The molecule has 0 heterocycles. The normalized spacial score (nSPS) is 15.3. The van der Waals surface area contributed by atoms with Gasteiger partial charge in [-0.2, -0.15) is 0 Å². The Morgan fingerprint density at radius 2 is 1.07 bits per heavy atom. The largest absolute Gasteiger partial charge is 0.756 e. The van der Waals surface area contributed by atoms with Gasteiger partial charge in [-0.3, -0.25) is 9.36 Å². The van der Waals surface area contributed by atoms with Gasteiger partial charge in [0.2, 0.25) is 5.91 Å². The standard InChI is InChI=1S/C48H83N2O6P/c1-6-8-10-12-13-14-15-16-17-18-19-20-21-22-23-24-25-26-27-28-29-30-31-32-33-34-35-36-37-38-40-42-48(52)49-46(47(51)41-39-11-9-7-2)45-56-57(53,54)55-44-43-50(3,4)5/h8,10,13-14,16-17,19-20,22-23,25-26,28-29,31-32,46-47,51H,6-7,9,11-12,15,18,21,24,27,30,33-45H2,1-5H3,(H-,49,52,53,54)/b10-8-,14-13-,17-16-,20-19-,23-22-,26-25-,29-28-,32-31-. The van der Waals surface area contributed by atoms with Gasteiger partial charge in [0.05, 0.1) is 39.9 Å². The lowest BCUT2D eigenvalue weighted by atomic mass is 10.0. The molecule has 0 aromatic carbocycles. The average Bonchev–Trinajstić information content (AvgIpc) is 3.16. The highest BCUT2D eigenvalue weighted by atomic mass is 31.2. The summed E-state index contributed by atoms with van der Waals surface area (Å²) in [5.74, 6) is -0.195. The van der Waals surface area contributed by atoms with Crippen LogP contribution >= 0.6 is 7.82 Å². The lowest BCUT2D eigenvalue weighted by Crippen LogP contribution is -2.46. The van der Waals surface area contributed by atoms with Crippen molar-refractivity contribution in [2.45, 2.75) is 161 Å². The number of likely N-dealkylation sites (N-methyl/N-ethyl adjacent to an activating group) is 1. The number of carbonyl (C=O) groups excluding carboxylic acids is 1. The molecule has 0 aromatic rings. The molecule has 57 heavy (non-hydrogen) atoms. The minimum absolute atomic E-state index is 0.00200. The second-order valence-electron chi connectivity index (χ2n) is 15.7. The molecule has 0 aliphatic carbocycles. The number of carbonyl (C=O) groups is 1. The van der Waals surface area contributed by atoms with Crippen LogP contribution in [0.2, 0.25) is 0 Å². The number of phosphoric ester groups is 1. The smallest absolute Gasteiger partial charge is 0.268 e. The third-order valence-electron chi connectivity index (χ3n) is 9.09. The number of hydrogen-bond donors (Lipinski definition) is 2. The zero-order valence-corrected chi connectivity index (χ0v) is 37.6. The van der Waals surface area contributed by atoms with Crippen molar-refractivity contribution in [1.82, 2.24) is 5.32 Å². The number of phosphoric acid groups is 1. The molecule has 9 heteroatoms. The van der Waals surface area contributed by atoms with E-state index in [2.05, 4.69) is 116 Å². The van der Waals surface area contributed by atoms with E-state index < -0.39 is 20.0 Å². The summed E-state index contributed by atoms with van der Waals surface area (Å²) in [5.41, 5.74) is 0. The molecule has 0 saturated carbocycles. The first-order chi connectivity index (χ1) is 27.5. The van der Waals surface area contributed by atoms with E-state index in [1.54, 1.807) is 0 Å². The summed E-state index contributed by atoms with van der Waals surface area (Å²) < 4.78 is 23.0. The Morgan fingerprint density at radius 3 is 1.54 bits per heavy atom. The van der Waals surface area contributed by atoms with Crippen molar-refractivity contribution in [2.75, 3.05) is 40.9 Å². The fourth-order valence-corrected chi connectivity index (χ4v) is 6.30. The summed E-state index contributed by atoms with van der Waals surface area (Å²) in [4.78, 5) is 25.0. The topological polar surface area (TPSA) is 108 Å². The molecule has 0 rings (SSSR count). The van der Waals surface area contributed by atoms with Gasteiger partial charge in [-0.1, -0.05) is 162 Å². The Balaban J connectivity index is 4.04. The molecule has 326 valence electrons. The van der Waals surface area contributed by atoms with Gasteiger partial charge in [0.25, 0.3) is 7.82 Å². The van der Waals surface area contributed by atoms with Gasteiger partial charge in [0, 0.05) is 6.42 Å². The molecule has 0 fully saturated rings. The Bertz CT molecular complexity index is 1240. The van der Waals surface area contributed by atoms with Gasteiger partial charge in [-0.25, -0.2) is 0 Å². The summed E-state index contributed by atoms with van der Waals surface area (Å²) in [6.45, 7) is 4.43. The van der Waals surface area contributed by atoms with E-state index >= 15 is 0 Å². The Hall–Kier alpha value is -2.58. The predicted molar refractivity (Wildman–Crippen MR) is 242 cm³/mol. The SMILES string of the molecule is CC/C=C\C/C=C\C/C=C\C/C=C\C/C=C\C/C=C\C/C=C\C/C=C\CCCCCCCCC(=O)NC(COP(=O)([O-])OCC[N+](C)(C)C)C(O)CCCCCC. The van der Waals surface area contributed by atoms with Crippen molar-refractivity contribution in [3.63, 3.8) is 0 Å². The first-order valence-corrected chi connectivity index (χ1v) is 23.5. The number of unbranched alkanes of at least 4 members (excludes halogenated alkanes) is 9. The summed E-state index contributed by atoms with van der Waals surface area (Å²) >= 11 is 0. The number of hydrogen-bond acceptors (Lipinski definition) is 6. The van der Waals surface area contributed by atoms with E-state index in [4.69, 9.17) is 9.05 Å². The van der Waals surface area contributed by atoms with Crippen LogP contribution in [-0.4, -0.2) is 68.5 Å². The first kappa shape index (κ1) is 54.4. The highest BCUT2D eigenvalue weighted by Crippen LogP contribution is 2.38. The zero-order valence-electron chi connectivity index (χ0n) is 36.7. The van der Waals surface area contributed by atoms with Crippen LogP contribution < -0.4 is 10.2 Å². The van der Waals surface area contributed by atoms with Crippen molar-refractivity contribution in [1.29, 1.82) is 0 Å². The molecule has 0 spiro atoms. The number of rotatable bonds is 38. The van der Waals surface area contributed by atoms with E-state index in [-0.39, 0.29) is 19.1 Å². The third kappa shape index (κ3) is 41.4. The van der Waals surface area contributed by atoms with Gasteiger partial charge in [0.1, 0.15) is 13.2 Å². The van der Waals surface area contributed by atoms with E-state index in [0.717, 1.165) is 109 Å². The van der Waals surface area contributed by atoms with Crippen LogP contribution in [0.1, 0.15) is 149 Å². The Kier molecular flexibility index (Phi) is 37.2. The number of aliphatic hydroxyl groups is 1. The van der Waals surface area contributed by atoms with Crippen LogP contribution in [0.15, 0.2) is 97.2 Å². The summed E-state index contributed by atoms with van der Waals surface area (Å²) in [5, 5.41) is 13.6. The zero-order chi connectivity index (χ0) is 42.1. The Morgan fingerprint density at radius 1 is 0.632 bits per heavy atom. The number of quaternary nitrogens is 1. The van der Waals surface area contributed by atoms with Crippen molar-refractivity contribution >= 4 is 13.7 Å². The van der Waals surface area contributed by atoms with Gasteiger partial charge in [-0.05, 0) is 77.0 Å². The molecule has 0 radical (unpaired) electrons. The van der Waals surface area contributed by atoms with Gasteiger partial charge in [0.15, 0.2) is 0 Å². The van der Waals surface area contributed by atoms with Crippen molar-refractivity contribution < 1.29 is 32.9 Å². The molecule has 0 bridgehead atoms. The highest BCUT2D eigenvalue weighted by molar-refractivity contribution is 7.45. The second kappa shape index (κ2) is 38.9. The highest BCUT2D eigenvalue weighted by Gasteiger charge is 2.24. The molecule has 3 atom stereocenters. The fraction of sp³-hybridized carbons (Fsp3) is 0.646. The van der Waals surface area contributed by atoms with Crippen LogP contribution in [0.4, 0.5) is 0 Å². The lowest BCUT2D eigenvalue weighted by molar-refractivity contribution is -0.870. The predicted octanol–water partition coefficient (Wildman–Crippen LogP) is 11.7. The van der Waals surface area contributed by atoms with Crippen molar-refractivity contribution in [2.24, 2.45) is 0 Å². The number of nitrogens with zero attached hydrogens (tertiary/aromatic N) is 1. The van der Waals surface area contributed by atoms with E-state index in [1.807, 2.05) is 21.1 Å². The Labute approximate surface area is 349 Å². The summed E-state index contributed by atoms with van der Waals surface area (Å²) in [6.07, 6.45) is 54.8. The summed E-state index contributed by atoms with van der Waals surface area (Å²) in [7, 11) is 1.27. The van der Waals surface area contributed by atoms with E-state index in [1.165, 1.54) is 12.8 Å². The molecular weight excluding hydrogens is 732 g/mol. The quantitative estimate of drug-likeness (QED) is 0.0278. The average molecular weight is 815 g/mol.